The topological polar surface area (TPSA) is 127 Å². The summed E-state index contributed by atoms with van der Waals surface area (Å²) in [7, 11) is 3.95. The van der Waals surface area contributed by atoms with E-state index < -0.39 is 5.97 Å². The quantitative estimate of drug-likeness (QED) is 0.617. The van der Waals surface area contributed by atoms with Crippen molar-refractivity contribution >= 4 is 18.3 Å². The fourth-order valence-electron chi connectivity index (χ4n) is 3.84. The molecule has 0 spiro atoms. The van der Waals surface area contributed by atoms with E-state index in [1.54, 1.807) is 12.1 Å². The average Bonchev–Trinajstić information content (AvgIpc) is 3.14. The molecular weight excluding hydrogens is 378 g/mol. The van der Waals surface area contributed by atoms with E-state index in [9.17, 15) is 15.0 Å². The molecular formula is C20H27N3O6. The summed E-state index contributed by atoms with van der Waals surface area (Å²) in [5.41, 5.74) is 0.459. The molecule has 29 heavy (non-hydrogen) atoms. The van der Waals surface area contributed by atoms with Crippen LogP contribution in [0.4, 0.5) is 5.82 Å². The summed E-state index contributed by atoms with van der Waals surface area (Å²) in [6.45, 7) is 1.76. The molecule has 1 aliphatic rings. The Hall–Kier alpha value is -2.91. The van der Waals surface area contributed by atoms with E-state index in [0.717, 1.165) is 19.4 Å². The zero-order valence-corrected chi connectivity index (χ0v) is 16.6. The van der Waals surface area contributed by atoms with Gasteiger partial charge in [0.1, 0.15) is 0 Å². The minimum absolute atomic E-state index is 0.0491. The van der Waals surface area contributed by atoms with Crippen LogP contribution in [0.3, 0.4) is 0 Å². The van der Waals surface area contributed by atoms with Crippen molar-refractivity contribution in [1.29, 1.82) is 0 Å². The molecule has 0 saturated carbocycles. The Morgan fingerprint density at radius 3 is 2.55 bits per heavy atom. The number of aromatic nitrogens is 1. The standard InChI is InChI=1S/C19H25N3O4.CH2O2/c1-21(2)11-19(13-23)9-6-10-22(12-19)17-15(18(24)25)16(26-20-17)14-7-4-3-5-8-14;2-1-3/h3-5,7-8,23H,6,9-13H2,1-2H3,(H,24,25);1H,(H,2,3). The van der Waals surface area contributed by atoms with Crippen molar-refractivity contribution in [3.63, 3.8) is 0 Å². The summed E-state index contributed by atoms with van der Waals surface area (Å²) >= 11 is 0. The Morgan fingerprint density at radius 1 is 1.34 bits per heavy atom. The highest BCUT2D eigenvalue weighted by atomic mass is 16.5. The van der Waals surface area contributed by atoms with Crippen molar-refractivity contribution in [3.8, 4) is 11.3 Å². The van der Waals surface area contributed by atoms with Crippen LogP contribution in [0, 0.1) is 5.41 Å². The van der Waals surface area contributed by atoms with Gasteiger partial charge >= 0.3 is 5.97 Å². The van der Waals surface area contributed by atoms with Crippen LogP contribution in [0.15, 0.2) is 34.9 Å². The molecule has 1 fully saturated rings. The largest absolute Gasteiger partial charge is 0.483 e. The zero-order chi connectivity index (χ0) is 21.4. The number of carbonyl (C=O) groups is 2. The molecule has 1 unspecified atom stereocenters. The molecule has 9 heteroatoms. The highest BCUT2D eigenvalue weighted by molar-refractivity contribution is 5.99. The van der Waals surface area contributed by atoms with E-state index in [4.69, 9.17) is 14.4 Å². The number of aliphatic hydroxyl groups is 1. The van der Waals surface area contributed by atoms with Gasteiger partial charge in [0.05, 0.1) is 6.61 Å². The van der Waals surface area contributed by atoms with Crippen LogP contribution in [0.1, 0.15) is 23.2 Å². The predicted octanol–water partition coefficient (Wildman–Crippen LogP) is 1.88. The van der Waals surface area contributed by atoms with Gasteiger partial charge in [-0.05, 0) is 26.9 Å². The molecule has 158 valence electrons. The number of nitrogens with zero attached hydrogens (tertiary/aromatic N) is 3. The van der Waals surface area contributed by atoms with Gasteiger partial charge in [0, 0.05) is 30.6 Å². The number of benzene rings is 1. The number of hydrogen-bond acceptors (Lipinski definition) is 7. The third-order valence-electron chi connectivity index (χ3n) is 4.87. The van der Waals surface area contributed by atoms with Gasteiger partial charge in [-0.2, -0.15) is 0 Å². The zero-order valence-electron chi connectivity index (χ0n) is 16.6. The average molecular weight is 405 g/mol. The molecule has 2 heterocycles. The van der Waals surface area contributed by atoms with Crippen molar-refractivity contribution in [2.24, 2.45) is 5.41 Å². The van der Waals surface area contributed by atoms with Crippen LogP contribution in [-0.2, 0) is 4.79 Å². The highest BCUT2D eigenvalue weighted by Gasteiger charge is 2.38. The number of piperidine rings is 1. The molecule has 0 amide bonds. The van der Waals surface area contributed by atoms with E-state index in [2.05, 4.69) is 10.1 Å². The lowest BCUT2D eigenvalue weighted by Crippen LogP contribution is -2.50. The number of carboxylic acids is 1. The summed E-state index contributed by atoms with van der Waals surface area (Å²) in [4.78, 5) is 24.3. The normalized spacial score (nSPS) is 18.8. The highest BCUT2D eigenvalue weighted by Crippen LogP contribution is 2.37. The van der Waals surface area contributed by atoms with E-state index in [1.807, 2.05) is 37.2 Å². The van der Waals surface area contributed by atoms with E-state index >= 15 is 0 Å². The molecule has 1 aromatic carbocycles. The molecule has 2 aromatic rings. The molecule has 0 radical (unpaired) electrons. The van der Waals surface area contributed by atoms with Crippen LogP contribution >= 0.6 is 0 Å². The Balaban J connectivity index is 0.000000941. The van der Waals surface area contributed by atoms with Crippen molar-refractivity contribution in [3.05, 3.63) is 35.9 Å². The number of carboxylic acid groups (broad SMARTS) is 2. The van der Waals surface area contributed by atoms with Gasteiger partial charge < -0.3 is 29.6 Å². The molecule has 9 nitrogen and oxygen atoms in total. The van der Waals surface area contributed by atoms with Crippen LogP contribution in [0.2, 0.25) is 0 Å². The lowest BCUT2D eigenvalue weighted by molar-refractivity contribution is -0.122. The lowest BCUT2D eigenvalue weighted by atomic mass is 9.80. The first-order valence-electron chi connectivity index (χ1n) is 9.24. The van der Waals surface area contributed by atoms with Gasteiger partial charge in [-0.1, -0.05) is 35.5 Å². The molecule has 3 N–H and O–H groups in total. The summed E-state index contributed by atoms with van der Waals surface area (Å²) in [5.74, 6) is -0.457. The van der Waals surface area contributed by atoms with Crippen molar-refractivity contribution in [2.45, 2.75) is 12.8 Å². The maximum atomic E-state index is 11.9. The smallest absolute Gasteiger partial charge is 0.343 e. The van der Waals surface area contributed by atoms with E-state index in [1.165, 1.54) is 0 Å². The molecule has 0 bridgehead atoms. The Kier molecular flexibility index (Phi) is 7.74. The van der Waals surface area contributed by atoms with Crippen molar-refractivity contribution in [2.75, 3.05) is 45.2 Å². The first kappa shape index (κ1) is 22.4. The van der Waals surface area contributed by atoms with Crippen LogP contribution in [0.5, 0.6) is 0 Å². The second kappa shape index (κ2) is 10.0. The molecule has 1 aromatic heterocycles. The maximum Gasteiger partial charge on any atom is 0.343 e. The van der Waals surface area contributed by atoms with Gasteiger partial charge in [-0.15, -0.1) is 0 Å². The Morgan fingerprint density at radius 2 is 2.00 bits per heavy atom. The minimum Gasteiger partial charge on any atom is -0.483 e. The molecule has 1 aliphatic heterocycles. The van der Waals surface area contributed by atoms with Gasteiger partial charge in [0.15, 0.2) is 17.1 Å². The summed E-state index contributed by atoms with van der Waals surface area (Å²) < 4.78 is 5.43. The predicted molar refractivity (Wildman–Crippen MR) is 107 cm³/mol. The molecule has 1 saturated heterocycles. The van der Waals surface area contributed by atoms with Gasteiger partial charge in [0.2, 0.25) is 0 Å². The van der Waals surface area contributed by atoms with E-state index in [0.29, 0.717) is 24.5 Å². The van der Waals surface area contributed by atoms with Crippen LogP contribution < -0.4 is 4.90 Å². The third kappa shape index (κ3) is 5.33. The molecule has 3 rings (SSSR count). The Labute approximate surface area is 169 Å². The van der Waals surface area contributed by atoms with E-state index in [-0.39, 0.29) is 29.8 Å². The Bertz CT molecular complexity index is 808. The summed E-state index contributed by atoms with van der Waals surface area (Å²) in [5, 5.41) is 30.8. The summed E-state index contributed by atoms with van der Waals surface area (Å²) in [6, 6.07) is 9.13. The first-order valence-corrected chi connectivity index (χ1v) is 9.24. The second-order valence-electron chi connectivity index (χ2n) is 7.41. The number of anilines is 1. The first-order chi connectivity index (χ1) is 13.9. The monoisotopic (exact) mass is 405 g/mol. The summed E-state index contributed by atoms with van der Waals surface area (Å²) in [6.07, 6.45) is 1.75. The number of aliphatic hydroxyl groups excluding tert-OH is 1. The van der Waals surface area contributed by atoms with Gasteiger partial charge in [-0.3, -0.25) is 4.79 Å². The number of aromatic carboxylic acids is 1. The van der Waals surface area contributed by atoms with Crippen LogP contribution in [0.25, 0.3) is 11.3 Å². The van der Waals surface area contributed by atoms with Crippen molar-refractivity contribution < 1.29 is 29.4 Å². The second-order valence-corrected chi connectivity index (χ2v) is 7.41. The fraction of sp³-hybridized carbons (Fsp3) is 0.450. The lowest BCUT2D eigenvalue weighted by Gasteiger charge is -2.43. The maximum absolute atomic E-state index is 11.9. The molecule has 1 atom stereocenters. The number of rotatable bonds is 6. The molecule has 0 aliphatic carbocycles. The van der Waals surface area contributed by atoms with Gasteiger partial charge in [0.25, 0.3) is 6.47 Å². The van der Waals surface area contributed by atoms with Crippen LogP contribution in [-0.4, -0.2) is 78.2 Å². The minimum atomic E-state index is -1.06. The SMILES string of the molecule is CN(C)CC1(CO)CCCN(c2noc(-c3ccccc3)c2C(=O)O)C1.O=CO. The van der Waals surface area contributed by atoms with Gasteiger partial charge in [-0.25, -0.2) is 4.79 Å². The third-order valence-corrected chi connectivity index (χ3v) is 4.87. The number of hydrogen-bond donors (Lipinski definition) is 3. The van der Waals surface area contributed by atoms with Crippen molar-refractivity contribution in [1.82, 2.24) is 10.1 Å². The fourth-order valence-corrected chi connectivity index (χ4v) is 3.84.